The second kappa shape index (κ2) is 17.2. The van der Waals surface area contributed by atoms with Gasteiger partial charge in [0.2, 0.25) is 0 Å². The first-order valence-electron chi connectivity index (χ1n) is 13.6. The van der Waals surface area contributed by atoms with Gasteiger partial charge in [-0.25, -0.2) is 0 Å². The molecule has 0 amide bonds. The Bertz CT molecular complexity index is 553. The molecule has 0 aromatic heterocycles. The predicted molar refractivity (Wildman–Crippen MR) is 137 cm³/mol. The largest absolute Gasteiger partial charge is 0.356 e. The standard InChI is InChI=1S/C29H50N2/c1-3-5-7-9-10-11-12-13-15-20-24-30-25-26-31(27-28-21-17-16-18-22-28)29(30)23-19-14-8-6-4-2/h16-18,21-22,25-26,29H,3-15,19-20,23-24,27H2,1-2H3. The van der Waals surface area contributed by atoms with Crippen LogP contribution in [0.1, 0.15) is 122 Å². The van der Waals surface area contributed by atoms with Gasteiger partial charge in [0.05, 0.1) is 0 Å². The molecule has 31 heavy (non-hydrogen) atoms. The van der Waals surface area contributed by atoms with Gasteiger partial charge in [-0.05, 0) is 24.8 Å². The Morgan fingerprint density at radius 2 is 1.10 bits per heavy atom. The highest BCUT2D eigenvalue weighted by Gasteiger charge is 2.25. The van der Waals surface area contributed by atoms with Gasteiger partial charge >= 0.3 is 0 Å². The summed E-state index contributed by atoms with van der Waals surface area (Å²) in [6.07, 6.45) is 27.6. The molecule has 1 heterocycles. The molecule has 1 aliphatic rings. The molecule has 1 aromatic rings. The monoisotopic (exact) mass is 426 g/mol. The summed E-state index contributed by atoms with van der Waals surface area (Å²) in [5, 5.41) is 0. The van der Waals surface area contributed by atoms with E-state index >= 15 is 0 Å². The van der Waals surface area contributed by atoms with E-state index in [1.54, 1.807) is 0 Å². The summed E-state index contributed by atoms with van der Waals surface area (Å²) in [5.41, 5.74) is 1.42. The first kappa shape index (κ1) is 25.8. The van der Waals surface area contributed by atoms with Gasteiger partial charge in [0, 0.05) is 25.5 Å². The lowest BCUT2D eigenvalue weighted by molar-refractivity contribution is 0.132. The Morgan fingerprint density at radius 1 is 0.581 bits per heavy atom. The highest BCUT2D eigenvalue weighted by molar-refractivity contribution is 5.15. The minimum Gasteiger partial charge on any atom is -0.356 e. The van der Waals surface area contributed by atoms with Gasteiger partial charge in [-0.3, -0.25) is 0 Å². The molecule has 2 heteroatoms. The molecule has 0 radical (unpaired) electrons. The molecular weight excluding hydrogens is 376 g/mol. The van der Waals surface area contributed by atoms with E-state index in [1.807, 2.05) is 0 Å². The molecule has 0 saturated heterocycles. The lowest BCUT2D eigenvalue weighted by atomic mass is 10.1. The van der Waals surface area contributed by atoms with Crippen LogP contribution < -0.4 is 0 Å². The van der Waals surface area contributed by atoms with Crippen molar-refractivity contribution in [1.29, 1.82) is 0 Å². The zero-order valence-electron chi connectivity index (χ0n) is 20.7. The third-order valence-electron chi connectivity index (χ3n) is 6.76. The van der Waals surface area contributed by atoms with Gasteiger partial charge in [-0.2, -0.15) is 0 Å². The van der Waals surface area contributed by atoms with Crippen LogP contribution in [0.2, 0.25) is 0 Å². The van der Waals surface area contributed by atoms with Crippen LogP contribution in [0.25, 0.3) is 0 Å². The van der Waals surface area contributed by atoms with Crippen LogP contribution in [-0.2, 0) is 6.54 Å². The average Bonchev–Trinajstić information content (AvgIpc) is 3.17. The number of nitrogens with zero attached hydrogens (tertiary/aromatic N) is 2. The van der Waals surface area contributed by atoms with Crippen molar-refractivity contribution in [2.45, 2.75) is 129 Å². The third-order valence-corrected chi connectivity index (χ3v) is 6.76. The quantitative estimate of drug-likeness (QED) is 0.204. The zero-order chi connectivity index (χ0) is 22.0. The van der Waals surface area contributed by atoms with Crippen molar-refractivity contribution in [3.63, 3.8) is 0 Å². The Morgan fingerprint density at radius 3 is 1.71 bits per heavy atom. The molecule has 1 aromatic carbocycles. The van der Waals surface area contributed by atoms with Gasteiger partial charge in [0.25, 0.3) is 0 Å². The van der Waals surface area contributed by atoms with Crippen molar-refractivity contribution in [3.05, 3.63) is 48.3 Å². The molecule has 2 nitrogen and oxygen atoms in total. The van der Waals surface area contributed by atoms with Gasteiger partial charge < -0.3 is 9.80 Å². The number of benzene rings is 1. The summed E-state index contributed by atoms with van der Waals surface area (Å²) >= 11 is 0. The molecule has 1 unspecified atom stereocenters. The van der Waals surface area contributed by atoms with Crippen LogP contribution >= 0.6 is 0 Å². The smallest absolute Gasteiger partial charge is 0.101 e. The van der Waals surface area contributed by atoms with Gasteiger partial charge in [-0.1, -0.05) is 128 Å². The highest BCUT2D eigenvalue weighted by atomic mass is 15.4. The zero-order valence-corrected chi connectivity index (χ0v) is 20.7. The minimum atomic E-state index is 0.556. The molecule has 1 aliphatic heterocycles. The SMILES string of the molecule is CCCCCCCCCCCCN1C=CN(Cc2ccccc2)C1CCCCCCC. The molecule has 0 aliphatic carbocycles. The van der Waals surface area contributed by atoms with Crippen molar-refractivity contribution in [2.75, 3.05) is 6.54 Å². The Balaban J connectivity index is 1.68. The molecule has 2 rings (SSSR count). The molecule has 0 fully saturated rings. The first-order valence-corrected chi connectivity index (χ1v) is 13.6. The van der Waals surface area contributed by atoms with Crippen LogP contribution in [-0.4, -0.2) is 22.5 Å². The van der Waals surface area contributed by atoms with E-state index in [2.05, 4.69) is 66.4 Å². The summed E-state index contributed by atoms with van der Waals surface area (Å²) in [6, 6.07) is 11.0. The minimum absolute atomic E-state index is 0.556. The van der Waals surface area contributed by atoms with E-state index in [0.29, 0.717) is 6.17 Å². The lowest BCUT2D eigenvalue weighted by Gasteiger charge is -2.33. The average molecular weight is 427 g/mol. The van der Waals surface area contributed by atoms with Crippen LogP contribution in [0.15, 0.2) is 42.7 Å². The second-order valence-corrected chi connectivity index (χ2v) is 9.56. The topological polar surface area (TPSA) is 6.48 Å². The normalized spacial score (nSPS) is 15.9. The van der Waals surface area contributed by atoms with Crippen LogP contribution in [0, 0.1) is 0 Å². The number of hydrogen-bond donors (Lipinski definition) is 0. The molecule has 176 valence electrons. The van der Waals surface area contributed by atoms with Crippen molar-refractivity contribution in [1.82, 2.24) is 9.80 Å². The van der Waals surface area contributed by atoms with Crippen molar-refractivity contribution >= 4 is 0 Å². The summed E-state index contributed by atoms with van der Waals surface area (Å²) < 4.78 is 0. The maximum Gasteiger partial charge on any atom is 0.101 e. The fourth-order valence-electron chi connectivity index (χ4n) is 4.78. The lowest BCUT2D eigenvalue weighted by Crippen LogP contribution is -2.38. The maximum atomic E-state index is 2.63. The van der Waals surface area contributed by atoms with Crippen LogP contribution in [0.5, 0.6) is 0 Å². The predicted octanol–water partition coefficient (Wildman–Crippen LogP) is 8.88. The third kappa shape index (κ3) is 11.1. The molecule has 1 atom stereocenters. The summed E-state index contributed by atoms with van der Waals surface area (Å²) in [5.74, 6) is 0. The van der Waals surface area contributed by atoms with Crippen molar-refractivity contribution in [3.8, 4) is 0 Å². The van der Waals surface area contributed by atoms with E-state index < -0.39 is 0 Å². The van der Waals surface area contributed by atoms with E-state index in [1.165, 1.54) is 115 Å². The summed E-state index contributed by atoms with van der Waals surface area (Å²) in [7, 11) is 0. The number of rotatable bonds is 19. The Labute approximate surface area is 194 Å². The molecule has 0 saturated carbocycles. The van der Waals surface area contributed by atoms with Gasteiger partial charge in [0.15, 0.2) is 0 Å². The van der Waals surface area contributed by atoms with Gasteiger partial charge in [-0.15, -0.1) is 0 Å². The molecule has 0 bridgehead atoms. The summed E-state index contributed by atoms with van der Waals surface area (Å²) in [4.78, 5) is 5.21. The Hall–Kier alpha value is -1.44. The molecule has 0 N–H and O–H groups in total. The van der Waals surface area contributed by atoms with Crippen LogP contribution in [0.3, 0.4) is 0 Å². The fraction of sp³-hybridized carbons (Fsp3) is 0.724. The molecular formula is C29H50N2. The molecule has 0 spiro atoms. The van der Waals surface area contributed by atoms with Crippen molar-refractivity contribution in [2.24, 2.45) is 0 Å². The first-order chi connectivity index (χ1) is 15.3. The Kier molecular flexibility index (Phi) is 14.3. The second-order valence-electron chi connectivity index (χ2n) is 9.56. The van der Waals surface area contributed by atoms with Crippen LogP contribution in [0.4, 0.5) is 0 Å². The maximum absolute atomic E-state index is 2.63. The number of hydrogen-bond acceptors (Lipinski definition) is 2. The fourth-order valence-corrected chi connectivity index (χ4v) is 4.78. The van der Waals surface area contributed by atoms with E-state index in [4.69, 9.17) is 0 Å². The highest BCUT2D eigenvalue weighted by Crippen LogP contribution is 2.24. The van der Waals surface area contributed by atoms with Crippen molar-refractivity contribution < 1.29 is 0 Å². The van der Waals surface area contributed by atoms with Gasteiger partial charge in [0.1, 0.15) is 6.17 Å². The van der Waals surface area contributed by atoms with E-state index in [0.717, 1.165) is 6.54 Å². The van der Waals surface area contributed by atoms with E-state index in [-0.39, 0.29) is 0 Å². The summed E-state index contributed by atoms with van der Waals surface area (Å²) in [6.45, 7) is 6.85. The van der Waals surface area contributed by atoms with E-state index in [9.17, 15) is 0 Å². The number of unbranched alkanes of at least 4 members (excludes halogenated alkanes) is 13.